The molecular weight excluding hydrogens is 302 g/mol. The molecule has 3 atom stereocenters. The standard InChI is InChI=1S/C8H11NO5S.BrH/c1-8(2)6(7(11)12)9-4(10)3-5(9)15(8,13)14;/h5-6H,3H2,1-2H3,(H,11,12);1H/t5-,6+;/m1./s1. The summed E-state index contributed by atoms with van der Waals surface area (Å²) in [4.78, 5) is 22.3. The van der Waals surface area contributed by atoms with Gasteiger partial charge < -0.3 is 22.1 Å². The summed E-state index contributed by atoms with van der Waals surface area (Å²) in [5.41, 5.74) is 0. The minimum Gasteiger partial charge on any atom is -1.00 e. The molecule has 0 aromatic rings. The summed E-state index contributed by atoms with van der Waals surface area (Å²) in [5.74, 6) is -1.55. The lowest BCUT2D eigenvalue weighted by molar-refractivity contribution is -0.873. The zero-order valence-corrected chi connectivity index (χ0v) is 11.1. The Morgan fingerprint density at radius 1 is 1.50 bits per heavy atom. The minimum atomic E-state index is -3.53. The highest BCUT2D eigenvalue weighted by molar-refractivity contribution is 7.93. The fraction of sp³-hybridized carbons (Fsp3) is 0.750. The zero-order chi connectivity index (χ0) is 11.6. The van der Waals surface area contributed by atoms with Crippen molar-refractivity contribution in [2.75, 3.05) is 0 Å². The molecular formula is C8H12BrNO5S. The van der Waals surface area contributed by atoms with Gasteiger partial charge in [-0.25, -0.2) is 22.9 Å². The summed E-state index contributed by atoms with van der Waals surface area (Å²) >= 11 is 0. The van der Waals surface area contributed by atoms with Crippen LogP contribution in [0.3, 0.4) is 0 Å². The van der Waals surface area contributed by atoms with Gasteiger partial charge in [0.05, 0.1) is 0 Å². The van der Waals surface area contributed by atoms with Gasteiger partial charge in [-0.1, -0.05) is 0 Å². The normalized spacial score (nSPS) is 38.1. The molecule has 2 N–H and O–H groups in total. The number of halogens is 1. The van der Waals surface area contributed by atoms with Gasteiger partial charge in [0.25, 0.3) is 0 Å². The first-order valence-corrected chi connectivity index (χ1v) is 6.12. The quantitative estimate of drug-likeness (QED) is 0.472. The number of fused-ring (bicyclic) bond motifs is 1. The number of carboxylic acid groups (broad SMARTS) is 1. The van der Waals surface area contributed by atoms with Crippen LogP contribution in [0.25, 0.3) is 0 Å². The first-order valence-electron chi connectivity index (χ1n) is 4.57. The number of β-lactam (4-membered cyclic amide) rings is 1. The SMILES string of the molecule is CC1(C)[C@H](C(=O)O)[NH+]2C(=O)C[C@H]2S1(=O)=O.[Br-]. The zero-order valence-electron chi connectivity index (χ0n) is 8.73. The van der Waals surface area contributed by atoms with Crippen molar-refractivity contribution in [3.05, 3.63) is 0 Å². The third-order valence-electron chi connectivity index (χ3n) is 3.40. The summed E-state index contributed by atoms with van der Waals surface area (Å²) in [6.45, 7) is 2.75. The van der Waals surface area contributed by atoms with Crippen LogP contribution in [0.1, 0.15) is 20.3 Å². The van der Waals surface area contributed by atoms with Crippen LogP contribution in [0.15, 0.2) is 0 Å². The van der Waals surface area contributed by atoms with Gasteiger partial charge in [0.1, 0.15) is 11.2 Å². The average molecular weight is 314 g/mol. The van der Waals surface area contributed by atoms with Gasteiger partial charge in [0.2, 0.25) is 21.3 Å². The predicted octanol–water partition coefficient (Wildman–Crippen LogP) is -5.21. The second-order valence-electron chi connectivity index (χ2n) is 4.49. The number of sulfone groups is 1. The molecule has 2 aliphatic rings. The summed E-state index contributed by atoms with van der Waals surface area (Å²) in [6.07, 6.45) is -0.0507. The Morgan fingerprint density at radius 3 is 2.31 bits per heavy atom. The van der Waals surface area contributed by atoms with E-state index in [-0.39, 0.29) is 34.2 Å². The molecule has 1 unspecified atom stereocenters. The number of quaternary nitrogens is 1. The molecule has 2 rings (SSSR count). The van der Waals surface area contributed by atoms with Crippen LogP contribution in [0, 0.1) is 0 Å². The van der Waals surface area contributed by atoms with Crippen molar-refractivity contribution in [3.63, 3.8) is 0 Å². The number of rotatable bonds is 1. The predicted molar refractivity (Wildman–Crippen MR) is 48.8 cm³/mol. The van der Waals surface area contributed by atoms with E-state index in [2.05, 4.69) is 0 Å². The monoisotopic (exact) mass is 313 g/mol. The Morgan fingerprint density at radius 2 is 2.00 bits per heavy atom. The van der Waals surface area contributed by atoms with E-state index in [1.54, 1.807) is 0 Å². The Balaban J connectivity index is 0.00000128. The Bertz CT molecular complexity index is 457. The van der Waals surface area contributed by atoms with E-state index < -0.39 is 32.0 Å². The highest BCUT2D eigenvalue weighted by atomic mass is 79.9. The molecule has 0 saturated carbocycles. The molecule has 92 valence electrons. The third-order valence-corrected chi connectivity index (χ3v) is 6.27. The molecule has 2 saturated heterocycles. The number of amides is 1. The van der Waals surface area contributed by atoms with E-state index in [1.165, 1.54) is 13.8 Å². The van der Waals surface area contributed by atoms with E-state index >= 15 is 0 Å². The second kappa shape index (κ2) is 3.51. The highest BCUT2D eigenvalue weighted by Gasteiger charge is 2.73. The summed E-state index contributed by atoms with van der Waals surface area (Å²) in [5, 5.41) is 8.14. The van der Waals surface area contributed by atoms with Gasteiger partial charge in [-0.2, -0.15) is 0 Å². The summed E-state index contributed by atoms with van der Waals surface area (Å²) in [6, 6.07) is -1.17. The van der Waals surface area contributed by atoms with Gasteiger partial charge in [-0.05, 0) is 13.8 Å². The maximum Gasteiger partial charge on any atom is 0.364 e. The topological polar surface area (TPSA) is 92.9 Å². The van der Waals surface area contributed by atoms with E-state index in [0.29, 0.717) is 0 Å². The van der Waals surface area contributed by atoms with Gasteiger partial charge in [0.15, 0.2) is 0 Å². The number of carbonyl (C=O) groups is 2. The van der Waals surface area contributed by atoms with E-state index in [1.807, 2.05) is 0 Å². The summed E-state index contributed by atoms with van der Waals surface area (Å²) in [7, 11) is -3.53. The molecule has 0 aromatic carbocycles. The molecule has 6 nitrogen and oxygen atoms in total. The van der Waals surface area contributed by atoms with Gasteiger partial charge in [0, 0.05) is 0 Å². The average Bonchev–Trinajstić information content (AvgIpc) is 2.19. The van der Waals surface area contributed by atoms with E-state index in [4.69, 9.17) is 5.11 Å². The van der Waals surface area contributed by atoms with Crippen molar-refractivity contribution in [2.45, 2.75) is 36.4 Å². The molecule has 2 aliphatic heterocycles. The van der Waals surface area contributed by atoms with Crippen LogP contribution in [0.5, 0.6) is 0 Å². The molecule has 0 bridgehead atoms. The van der Waals surface area contributed by atoms with Crippen LogP contribution in [0.2, 0.25) is 0 Å². The second-order valence-corrected chi connectivity index (χ2v) is 7.20. The lowest BCUT2D eigenvalue weighted by atomic mass is 9.98. The number of carboxylic acids is 1. The third kappa shape index (κ3) is 1.29. The van der Waals surface area contributed by atoms with Crippen molar-refractivity contribution in [3.8, 4) is 0 Å². The van der Waals surface area contributed by atoms with Crippen molar-refractivity contribution >= 4 is 21.7 Å². The van der Waals surface area contributed by atoms with Crippen LogP contribution in [-0.2, 0) is 19.4 Å². The number of carbonyl (C=O) groups excluding carboxylic acids is 1. The fourth-order valence-electron chi connectivity index (χ4n) is 2.40. The number of hydrogen-bond acceptors (Lipinski definition) is 4. The van der Waals surface area contributed by atoms with Crippen LogP contribution < -0.4 is 21.9 Å². The van der Waals surface area contributed by atoms with Crippen molar-refractivity contribution in [2.24, 2.45) is 0 Å². The Labute approximate surface area is 103 Å². The molecule has 8 heteroatoms. The van der Waals surface area contributed by atoms with Crippen LogP contribution in [0.4, 0.5) is 0 Å². The molecule has 2 fully saturated rings. The van der Waals surface area contributed by atoms with E-state index in [0.717, 1.165) is 0 Å². The molecule has 0 aromatic heterocycles. The van der Waals surface area contributed by atoms with Crippen LogP contribution in [-0.4, -0.2) is 41.6 Å². The minimum absolute atomic E-state index is 0. The number of aliphatic carboxylic acids is 1. The number of nitrogens with one attached hydrogen (secondary N) is 1. The van der Waals surface area contributed by atoms with Gasteiger partial charge in [-0.3, -0.25) is 0 Å². The van der Waals surface area contributed by atoms with E-state index in [9.17, 15) is 18.0 Å². The highest BCUT2D eigenvalue weighted by Crippen LogP contribution is 2.32. The van der Waals surface area contributed by atoms with Crippen molar-refractivity contribution < 1.29 is 45.0 Å². The van der Waals surface area contributed by atoms with Crippen molar-refractivity contribution in [1.29, 1.82) is 0 Å². The summed E-state index contributed by atoms with van der Waals surface area (Å²) < 4.78 is 22.4. The maximum absolute atomic E-state index is 11.9. The lowest BCUT2D eigenvalue weighted by Gasteiger charge is -2.28. The first-order chi connectivity index (χ1) is 6.71. The van der Waals surface area contributed by atoms with Gasteiger partial charge in [-0.15, -0.1) is 0 Å². The molecule has 0 spiro atoms. The maximum atomic E-state index is 11.9. The molecule has 2 heterocycles. The fourth-order valence-corrected chi connectivity index (χ4v) is 4.67. The van der Waals surface area contributed by atoms with Crippen LogP contribution >= 0.6 is 0 Å². The molecule has 16 heavy (non-hydrogen) atoms. The molecule has 0 aliphatic carbocycles. The Hall–Kier alpha value is -0.470. The smallest absolute Gasteiger partial charge is 0.364 e. The largest absolute Gasteiger partial charge is 1.00 e. The first kappa shape index (κ1) is 13.6. The van der Waals surface area contributed by atoms with Crippen molar-refractivity contribution in [1.82, 2.24) is 0 Å². The lowest BCUT2D eigenvalue weighted by Crippen LogP contribution is -3.27. The number of hydrogen-bond donors (Lipinski definition) is 2. The molecule has 0 radical (unpaired) electrons. The van der Waals surface area contributed by atoms with Gasteiger partial charge >= 0.3 is 11.9 Å². The Kier molecular flexibility index (Phi) is 2.98. The molecule has 1 amide bonds.